The standard InChI is InChI=1S/C18H22N2O2/c1-2-17-14-11-8-9-12(10-11)15(14)18(20-19-17,16(21)22-17)13-6-4-3-5-7-13/h3-7,11-12,14-15,19-20H,2,8-10H2,1H3/t11-,12-,14+,15-,17+,18+/m0/s1. The number of hydrogen-bond donors (Lipinski definition) is 2. The van der Waals surface area contributed by atoms with Crippen LogP contribution in [-0.2, 0) is 15.1 Å². The number of ether oxygens (including phenoxy) is 1. The molecular formula is C18H22N2O2. The zero-order valence-electron chi connectivity index (χ0n) is 12.8. The highest BCUT2D eigenvalue weighted by Gasteiger charge is 2.73. The average Bonchev–Trinajstić information content (AvgIpc) is 3.19. The van der Waals surface area contributed by atoms with Crippen LogP contribution in [0, 0.1) is 23.7 Å². The highest BCUT2D eigenvalue weighted by atomic mass is 16.6. The summed E-state index contributed by atoms with van der Waals surface area (Å²) in [5.74, 6) is 2.05. The van der Waals surface area contributed by atoms with E-state index in [-0.39, 0.29) is 5.97 Å². The molecule has 1 aromatic carbocycles. The van der Waals surface area contributed by atoms with Crippen LogP contribution >= 0.6 is 0 Å². The second kappa shape index (κ2) is 4.12. The average molecular weight is 298 g/mol. The van der Waals surface area contributed by atoms with Crippen molar-refractivity contribution < 1.29 is 9.53 Å². The van der Waals surface area contributed by atoms with Gasteiger partial charge in [0.2, 0.25) is 0 Å². The summed E-state index contributed by atoms with van der Waals surface area (Å²) in [5, 5.41) is 0. The molecule has 4 bridgehead atoms. The van der Waals surface area contributed by atoms with Crippen molar-refractivity contribution in [3.8, 4) is 0 Å². The quantitative estimate of drug-likeness (QED) is 0.823. The number of benzene rings is 1. The predicted molar refractivity (Wildman–Crippen MR) is 81.3 cm³/mol. The summed E-state index contributed by atoms with van der Waals surface area (Å²) in [4.78, 5) is 13.0. The number of nitrogens with one attached hydrogen (secondary N) is 2. The highest BCUT2D eigenvalue weighted by Crippen LogP contribution is 2.65. The van der Waals surface area contributed by atoms with E-state index in [0.29, 0.717) is 23.7 Å². The molecule has 4 nitrogen and oxygen atoms in total. The van der Waals surface area contributed by atoms with Crippen molar-refractivity contribution in [2.45, 2.75) is 43.9 Å². The summed E-state index contributed by atoms with van der Waals surface area (Å²) < 4.78 is 6.03. The lowest BCUT2D eigenvalue weighted by Crippen LogP contribution is -2.82. The van der Waals surface area contributed by atoms with Crippen LogP contribution in [0.3, 0.4) is 0 Å². The van der Waals surface area contributed by atoms with Gasteiger partial charge in [0.15, 0.2) is 11.3 Å². The van der Waals surface area contributed by atoms with Gasteiger partial charge in [0.25, 0.3) is 0 Å². The van der Waals surface area contributed by atoms with Crippen molar-refractivity contribution in [3.05, 3.63) is 35.9 Å². The summed E-state index contributed by atoms with van der Waals surface area (Å²) in [6.45, 7) is 2.12. The first-order valence-corrected chi connectivity index (χ1v) is 8.54. The first kappa shape index (κ1) is 13.1. The number of hydrogen-bond acceptors (Lipinski definition) is 4. The summed E-state index contributed by atoms with van der Waals surface area (Å²) >= 11 is 0. The fourth-order valence-corrected chi connectivity index (χ4v) is 5.96. The van der Waals surface area contributed by atoms with Crippen LogP contribution in [0.15, 0.2) is 30.3 Å². The molecule has 6 rings (SSSR count). The lowest BCUT2D eigenvalue weighted by molar-refractivity contribution is -0.251. The van der Waals surface area contributed by atoms with Gasteiger partial charge in [-0.1, -0.05) is 37.3 Å². The molecule has 0 unspecified atom stereocenters. The maximum atomic E-state index is 13.0. The molecule has 2 aliphatic carbocycles. The molecule has 3 heterocycles. The molecule has 0 radical (unpaired) electrons. The van der Waals surface area contributed by atoms with Gasteiger partial charge in [0.1, 0.15) is 0 Å². The maximum absolute atomic E-state index is 13.0. The topological polar surface area (TPSA) is 50.4 Å². The van der Waals surface area contributed by atoms with Crippen molar-refractivity contribution in [3.63, 3.8) is 0 Å². The molecule has 3 aliphatic heterocycles. The lowest BCUT2D eigenvalue weighted by Gasteiger charge is -2.62. The van der Waals surface area contributed by atoms with E-state index in [9.17, 15) is 4.79 Å². The summed E-state index contributed by atoms with van der Waals surface area (Å²) in [7, 11) is 0. The first-order valence-electron chi connectivity index (χ1n) is 8.54. The van der Waals surface area contributed by atoms with E-state index >= 15 is 0 Å². The minimum atomic E-state index is -0.706. The SMILES string of the molecule is CC[C@@]12NN[C@@](c3ccccc3)(C(=O)O1)[C@H]1[C@H]3CC[C@@H](C3)[C@H]12. The van der Waals surface area contributed by atoms with E-state index in [2.05, 4.69) is 29.9 Å². The van der Waals surface area contributed by atoms with Crippen molar-refractivity contribution in [1.29, 1.82) is 0 Å². The molecule has 4 heteroatoms. The Bertz CT molecular complexity index is 633. The smallest absolute Gasteiger partial charge is 0.334 e. The molecule has 22 heavy (non-hydrogen) atoms. The highest BCUT2D eigenvalue weighted by molar-refractivity contribution is 5.85. The normalized spacial score (nSPS) is 48.3. The minimum Gasteiger partial charge on any atom is -0.441 e. The molecule has 0 spiro atoms. The van der Waals surface area contributed by atoms with Crippen LogP contribution in [0.1, 0.15) is 38.2 Å². The molecule has 1 aromatic rings. The van der Waals surface area contributed by atoms with Gasteiger partial charge in [-0.2, -0.15) is 0 Å². The van der Waals surface area contributed by atoms with Crippen molar-refractivity contribution in [2.24, 2.45) is 23.7 Å². The summed E-state index contributed by atoms with van der Waals surface area (Å²) in [5.41, 5.74) is 6.67. The molecule has 0 aromatic heterocycles. The first-order chi connectivity index (χ1) is 10.7. The molecule has 2 N–H and O–H groups in total. The van der Waals surface area contributed by atoms with E-state index in [1.54, 1.807) is 0 Å². The zero-order chi connectivity index (χ0) is 14.9. The number of fused-ring (bicyclic) bond motifs is 4. The molecule has 5 aliphatic rings. The Morgan fingerprint density at radius 1 is 1.14 bits per heavy atom. The van der Waals surface area contributed by atoms with Crippen molar-refractivity contribution >= 4 is 5.97 Å². The van der Waals surface area contributed by atoms with Crippen LogP contribution in [-0.4, -0.2) is 11.7 Å². The van der Waals surface area contributed by atoms with Gasteiger partial charge in [0, 0.05) is 11.8 Å². The summed E-state index contributed by atoms with van der Waals surface area (Å²) in [6, 6.07) is 10.1. The van der Waals surface area contributed by atoms with E-state index in [4.69, 9.17) is 4.74 Å². The third kappa shape index (κ3) is 1.30. The van der Waals surface area contributed by atoms with Crippen LogP contribution in [0.4, 0.5) is 0 Å². The van der Waals surface area contributed by atoms with Crippen LogP contribution in [0.5, 0.6) is 0 Å². The monoisotopic (exact) mass is 298 g/mol. The molecule has 2 saturated carbocycles. The second-order valence-electron chi connectivity index (χ2n) is 7.44. The van der Waals surface area contributed by atoms with Crippen LogP contribution in [0.25, 0.3) is 0 Å². The van der Waals surface area contributed by atoms with Crippen LogP contribution < -0.4 is 10.9 Å². The van der Waals surface area contributed by atoms with Gasteiger partial charge in [-0.05, 0) is 43.1 Å². The van der Waals surface area contributed by atoms with Crippen LogP contribution in [0.2, 0.25) is 0 Å². The number of esters is 1. The maximum Gasteiger partial charge on any atom is 0.334 e. The molecule has 3 saturated heterocycles. The van der Waals surface area contributed by atoms with Gasteiger partial charge >= 0.3 is 5.97 Å². The van der Waals surface area contributed by atoms with E-state index < -0.39 is 11.3 Å². The number of hydrazine groups is 1. The molecule has 5 fully saturated rings. The number of rotatable bonds is 2. The third-order valence-corrected chi connectivity index (χ3v) is 6.78. The fraction of sp³-hybridized carbons (Fsp3) is 0.611. The Kier molecular flexibility index (Phi) is 2.45. The van der Waals surface area contributed by atoms with Gasteiger partial charge in [-0.3, -0.25) is 0 Å². The van der Waals surface area contributed by atoms with Gasteiger partial charge < -0.3 is 4.74 Å². The fourth-order valence-electron chi connectivity index (χ4n) is 5.96. The third-order valence-electron chi connectivity index (χ3n) is 6.78. The Balaban J connectivity index is 1.71. The van der Waals surface area contributed by atoms with E-state index in [1.165, 1.54) is 19.3 Å². The molecule has 116 valence electrons. The largest absolute Gasteiger partial charge is 0.441 e. The molecular weight excluding hydrogens is 276 g/mol. The second-order valence-corrected chi connectivity index (χ2v) is 7.44. The van der Waals surface area contributed by atoms with Crippen molar-refractivity contribution in [1.82, 2.24) is 10.9 Å². The lowest BCUT2D eigenvalue weighted by atomic mass is 9.59. The van der Waals surface area contributed by atoms with Crippen molar-refractivity contribution in [2.75, 3.05) is 0 Å². The Hall–Kier alpha value is -1.39. The number of carbonyl (C=O) groups excluding carboxylic acids is 1. The van der Waals surface area contributed by atoms with Gasteiger partial charge in [-0.25, -0.2) is 15.6 Å². The van der Waals surface area contributed by atoms with E-state index in [1.807, 2.05) is 18.2 Å². The summed E-state index contributed by atoms with van der Waals surface area (Å²) in [6.07, 6.45) is 4.62. The zero-order valence-corrected chi connectivity index (χ0v) is 12.8. The number of carbonyl (C=O) groups is 1. The Morgan fingerprint density at radius 3 is 2.55 bits per heavy atom. The predicted octanol–water partition coefficient (Wildman–Crippen LogP) is 2.32. The Labute approximate surface area is 130 Å². The van der Waals surface area contributed by atoms with Gasteiger partial charge in [-0.15, -0.1) is 0 Å². The molecule has 0 amide bonds. The van der Waals surface area contributed by atoms with E-state index in [0.717, 1.165) is 12.0 Å². The molecule has 6 atom stereocenters. The minimum absolute atomic E-state index is 0.0897. The van der Waals surface area contributed by atoms with Gasteiger partial charge in [0.05, 0.1) is 0 Å². The Morgan fingerprint density at radius 2 is 1.86 bits per heavy atom.